The van der Waals surface area contributed by atoms with Gasteiger partial charge in [0.05, 0.1) is 5.69 Å². The first-order chi connectivity index (χ1) is 15.3. The molecular formula is C24H21ClN4O3. The molecule has 0 amide bonds. The number of benzene rings is 3. The molecule has 0 N–H and O–H groups in total. The maximum Gasteiger partial charge on any atom is 0.368 e. The van der Waals surface area contributed by atoms with Crippen LogP contribution in [0.3, 0.4) is 0 Å². The van der Waals surface area contributed by atoms with Crippen molar-refractivity contribution in [3.05, 3.63) is 104 Å². The van der Waals surface area contributed by atoms with Crippen LogP contribution in [-0.2, 0) is 13.7 Å². The van der Waals surface area contributed by atoms with E-state index in [1.807, 2.05) is 32.0 Å². The number of hydrogen-bond acceptors (Lipinski definition) is 5. The van der Waals surface area contributed by atoms with Gasteiger partial charge in [0.1, 0.15) is 12.4 Å². The van der Waals surface area contributed by atoms with E-state index in [-0.39, 0.29) is 18.1 Å². The Kier molecular flexibility index (Phi) is 5.92. The van der Waals surface area contributed by atoms with E-state index in [1.54, 1.807) is 49.5 Å². The molecule has 7 nitrogen and oxygen atoms in total. The van der Waals surface area contributed by atoms with Gasteiger partial charge < -0.3 is 4.74 Å². The van der Waals surface area contributed by atoms with Crippen molar-refractivity contribution in [3.8, 4) is 11.4 Å². The van der Waals surface area contributed by atoms with Gasteiger partial charge >= 0.3 is 5.69 Å². The number of aromatic nitrogens is 4. The maximum absolute atomic E-state index is 12.7. The van der Waals surface area contributed by atoms with E-state index in [0.717, 1.165) is 16.7 Å². The van der Waals surface area contributed by atoms with Crippen LogP contribution in [0.2, 0.25) is 5.02 Å². The van der Waals surface area contributed by atoms with E-state index in [2.05, 4.69) is 10.4 Å². The number of carbonyl (C=O) groups is 1. The molecule has 162 valence electrons. The number of rotatable bonds is 6. The normalized spacial score (nSPS) is 10.9. The molecular weight excluding hydrogens is 428 g/mol. The highest BCUT2D eigenvalue weighted by molar-refractivity contribution is 6.30. The van der Waals surface area contributed by atoms with Crippen LogP contribution in [0.5, 0.6) is 5.75 Å². The Bertz CT molecular complexity index is 1360. The van der Waals surface area contributed by atoms with E-state index < -0.39 is 0 Å². The van der Waals surface area contributed by atoms with Crippen molar-refractivity contribution in [2.24, 2.45) is 7.05 Å². The van der Waals surface area contributed by atoms with Crippen LogP contribution in [-0.4, -0.2) is 25.6 Å². The number of tetrazole rings is 1. The van der Waals surface area contributed by atoms with Gasteiger partial charge in [-0.1, -0.05) is 23.7 Å². The molecule has 0 aliphatic carbocycles. The third kappa shape index (κ3) is 4.20. The molecule has 0 spiro atoms. The van der Waals surface area contributed by atoms with E-state index in [1.165, 1.54) is 9.36 Å². The van der Waals surface area contributed by atoms with Crippen molar-refractivity contribution in [1.29, 1.82) is 0 Å². The molecule has 0 saturated heterocycles. The van der Waals surface area contributed by atoms with Gasteiger partial charge in [0.15, 0.2) is 5.78 Å². The zero-order valence-electron chi connectivity index (χ0n) is 17.9. The van der Waals surface area contributed by atoms with Gasteiger partial charge in [0.2, 0.25) is 0 Å². The molecule has 0 aliphatic rings. The van der Waals surface area contributed by atoms with Gasteiger partial charge in [0.25, 0.3) is 0 Å². The van der Waals surface area contributed by atoms with Crippen molar-refractivity contribution in [2.45, 2.75) is 20.5 Å². The SMILES string of the molecule is Cc1cc(C(=O)c2ccc(Cl)cc2)ccc1OCc1c(C)cccc1-n1nnn(C)c1=O. The summed E-state index contributed by atoms with van der Waals surface area (Å²) in [6, 6.07) is 17.7. The van der Waals surface area contributed by atoms with E-state index in [9.17, 15) is 9.59 Å². The Morgan fingerprint density at radius 1 is 0.969 bits per heavy atom. The van der Waals surface area contributed by atoms with Crippen molar-refractivity contribution in [3.63, 3.8) is 0 Å². The van der Waals surface area contributed by atoms with E-state index in [4.69, 9.17) is 16.3 Å². The predicted molar refractivity (Wildman–Crippen MR) is 122 cm³/mol. The van der Waals surface area contributed by atoms with Gasteiger partial charge in [-0.2, -0.15) is 9.36 Å². The summed E-state index contributed by atoms with van der Waals surface area (Å²) in [4.78, 5) is 25.1. The summed E-state index contributed by atoms with van der Waals surface area (Å²) in [5.74, 6) is 0.567. The lowest BCUT2D eigenvalue weighted by atomic mass is 10.0. The molecule has 4 rings (SSSR count). The first-order valence-electron chi connectivity index (χ1n) is 9.97. The molecule has 8 heteroatoms. The third-order valence-corrected chi connectivity index (χ3v) is 5.50. The monoisotopic (exact) mass is 448 g/mol. The van der Waals surface area contributed by atoms with Gasteiger partial charge in [0, 0.05) is 28.8 Å². The number of carbonyl (C=O) groups excluding carboxylic acids is 1. The topological polar surface area (TPSA) is 79.0 Å². The molecule has 0 fully saturated rings. The summed E-state index contributed by atoms with van der Waals surface area (Å²) in [6.45, 7) is 4.07. The van der Waals surface area contributed by atoms with E-state index in [0.29, 0.717) is 27.6 Å². The molecule has 1 aromatic heterocycles. The minimum atomic E-state index is -0.335. The number of hydrogen-bond donors (Lipinski definition) is 0. The molecule has 0 radical (unpaired) electrons. The van der Waals surface area contributed by atoms with Crippen LogP contribution in [0.1, 0.15) is 32.6 Å². The summed E-state index contributed by atoms with van der Waals surface area (Å²) in [5, 5.41) is 8.31. The summed E-state index contributed by atoms with van der Waals surface area (Å²) >= 11 is 5.91. The zero-order chi connectivity index (χ0) is 22.8. The number of ether oxygens (including phenoxy) is 1. The minimum Gasteiger partial charge on any atom is -0.489 e. The Hall–Kier alpha value is -3.71. The lowest BCUT2D eigenvalue weighted by Gasteiger charge is -2.15. The first-order valence-corrected chi connectivity index (χ1v) is 10.3. The number of halogens is 1. The fourth-order valence-electron chi connectivity index (χ4n) is 3.41. The smallest absolute Gasteiger partial charge is 0.368 e. The molecule has 0 unspecified atom stereocenters. The summed E-state index contributed by atoms with van der Waals surface area (Å²) in [7, 11) is 1.55. The highest BCUT2D eigenvalue weighted by atomic mass is 35.5. The number of nitrogens with zero attached hydrogens (tertiary/aromatic N) is 4. The zero-order valence-corrected chi connectivity index (χ0v) is 18.6. The molecule has 0 atom stereocenters. The summed E-state index contributed by atoms with van der Waals surface area (Å²) < 4.78 is 8.50. The minimum absolute atomic E-state index is 0.0838. The molecule has 0 bridgehead atoms. The molecule has 4 aromatic rings. The fourth-order valence-corrected chi connectivity index (χ4v) is 3.53. The van der Waals surface area contributed by atoms with Crippen LogP contribution in [0.15, 0.2) is 65.5 Å². The number of aryl methyl sites for hydroxylation is 3. The maximum atomic E-state index is 12.7. The summed E-state index contributed by atoms with van der Waals surface area (Å²) in [5.41, 5.74) is 4.05. The molecule has 32 heavy (non-hydrogen) atoms. The standard InChI is InChI=1S/C24H21ClN4O3/c1-15-5-4-6-21(29-24(31)28(3)26-27-29)20(15)14-32-22-12-9-18(13-16(22)2)23(30)17-7-10-19(25)11-8-17/h4-13H,14H2,1-3H3. The summed E-state index contributed by atoms with van der Waals surface area (Å²) in [6.07, 6.45) is 0. The average Bonchev–Trinajstić information content (AvgIpc) is 3.11. The van der Waals surface area contributed by atoms with Gasteiger partial charge in [-0.15, -0.1) is 0 Å². The highest BCUT2D eigenvalue weighted by Crippen LogP contribution is 2.25. The predicted octanol–water partition coefficient (Wildman–Crippen LogP) is 4.05. The lowest BCUT2D eigenvalue weighted by molar-refractivity contribution is 0.103. The van der Waals surface area contributed by atoms with Crippen molar-refractivity contribution >= 4 is 17.4 Å². The second-order valence-corrected chi connectivity index (χ2v) is 7.91. The van der Waals surface area contributed by atoms with Crippen molar-refractivity contribution in [2.75, 3.05) is 0 Å². The third-order valence-electron chi connectivity index (χ3n) is 5.25. The van der Waals surface area contributed by atoms with Crippen molar-refractivity contribution < 1.29 is 9.53 Å². The lowest BCUT2D eigenvalue weighted by Crippen LogP contribution is -2.23. The Morgan fingerprint density at radius 2 is 1.69 bits per heavy atom. The van der Waals surface area contributed by atoms with Crippen LogP contribution in [0, 0.1) is 13.8 Å². The fraction of sp³-hybridized carbons (Fsp3) is 0.167. The quantitative estimate of drug-likeness (QED) is 0.416. The second-order valence-electron chi connectivity index (χ2n) is 7.47. The second kappa shape index (κ2) is 8.80. The highest BCUT2D eigenvalue weighted by Gasteiger charge is 2.15. The molecule has 3 aromatic carbocycles. The molecule has 0 saturated carbocycles. The molecule has 1 heterocycles. The van der Waals surface area contributed by atoms with Gasteiger partial charge in [-0.25, -0.2) is 4.79 Å². The van der Waals surface area contributed by atoms with Crippen LogP contribution in [0.4, 0.5) is 0 Å². The largest absolute Gasteiger partial charge is 0.489 e. The Morgan fingerprint density at radius 3 is 2.34 bits per heavy atom. The Balaban J connectivity index is 1.58. The van der Waals surface area contributed by atoms with Crippen molar-refractivity contribution in [1.82, 2.24) is 19.8 Å². The first kappa shape index (κ1) is 21.5. The van der Waals surface area contributed by atoms with Gasteiger partial charge in [-0.3, -0.25) is 4.79 Å². The van der Waals surface area contributed by atoms with Crippen LogP contribution >= 0.6 is 11.6 Å². The van der Waals surface area contributed by atoms with E-state index >= 15 is 0 Å². The van der Waals surface area contributed by atoms with Crippen LogP contribution in [0.25, 0.3) is 5.69 Å². The average molecular weight is 449 g/mol. The Labute approximate surface area is 189 Å². The number of ketones is 1. The van der Waals surface area contributed by atoms with Crippen LogP contribution < -0.4 is 10.4 Å². The molecule has 0 aliphatic heterocycles. The van der Waals surface area contributed by atoms with Gasteiger partial charge in [-0.05, 0) is 83.9 Å².